The van der Waals surface area contributed by atoms with Crippen molar-refractivity contribution in [2.75, 3.05) is 13.3 Å². The van der Waals surface area contributed by atoms with Crippen molar-refractivity contribution in [2.45, 2.75) is 31.0 Å². The number of amides is 1. The van der Waals surface area contributed by atoms with Crippen LogP contribution in [0.1, 0.15) is 17.1 Å². The lowest BCUT2D eigenvalue weighted by Gasteiger charge is -2.15. The molecule has 0 radical (unpaired) electrons. The van der Waals surface area contributed by atoms with Crippen LogP contribution in [0.3, 0.4) is 0 Å². The van der Waals surface area contributed by atoms with E-state index in [0.29, 0.717) is 5.56 Å². The van der Waals surface area contributed by atoms with E-state index in [2.05, 4.69) is 14.8 Å². The van der Waals surface area contributed by atoms with Crippen LogP contribution in [-0.2, 0) is 35.5 Å². The van der Waals surface area contributed by atoms with Crippen molar-refractivity contribution >= 4 is 17.1 Å². The lowest BCUT2D eigenvalue weighted by atomic mass is 9.93. The van der Waals surface area contributed by atoms with Crippen molar-refractivity contribution in [1.82, 2.24) is 20.1 Å². The van der Waals surface area contributed by atoms with E-state index >= 15 is 4.39 Å². The summed E-state index contributed by atoms with van der Waals surface area (Å²) in [4.78, 5) is 16.4. The van der Waals surface area contributed by atoms with E-state index in [1.807, 2.05) is 5.32 Å². The smallest absolute Gasteiger partial charge is 0.387 e. The number of carbonyl (C=O) groups is 1. The normalized spacial score (nSPS) is 12.4. The first kappa shape index (κ1) is 34.5. The Morgan fingerprint density at radius 3 is 2.38 bits per heavy atom. The third kappa shape index (κ3) is 6.50. The Balaban J connectivity index is 1.77. The van der Waals surface area contributed by atoms with E-state index in [4.69, 9.17) is 4.42 Å². The number of aliphatic hydroxyl groups excluding tert-OH is 1. The number of nitrogens with zero attached hydrogens (tertiary/aromatic N) is 3. The van der Waals surface area contributed by atoms with Crippen LogP contribution in [0.5, 0.6) is 5.75 Å². The molecule has 2 N–H and O–H groups in total. The number of ether oxygens (including phenoxy) is 1. The van der Waals surface area contributed by atoms with E-state index in [9.17, 15) is 36.4 Å². The number of aliphatic hydroxyl groups is 1. The van der Waals surface area contributed by atoms with Gasteiger partial charge in [0.25, 0.3) is 5.91 Å². The van der Waals surface area contributed by atoms with Crippen molar-refractivity contribution in [2.24, 2.45) is 7.05 Å². The molecule has 0 bridgehead atoms. The van der Waals surface area contributed by atoms with Gasteiger partial charge >= 0.3 is 12.5 Å². The summed E-state index contributed by atoms with van der Waals surface area (Å²) >= 11 is -1.69. The summed E-state index contributed by atoms with van der Waals surface area (Å²) in [6, 6.07) is 11.2. The second kappa shape index (κ2) is 13.4. The lowest BCUT2D eigenvalue weighted by Crippen LogP contribution is -2.36. The molecule has 5 aromatic rings. The highest BCUT2D eigenvalue weighted by Crippen LogP contribution is 2.43. The van der Waals surface area contributed by atoms with Crippen molar-refractivity contribution < 1.29 is 50.0 Å². The van der Waals surface area contributed by atoms with E-state index in [-0.39, 0.29) is 55.8 Å². The Bertz CT molecular complexity index is 2010. The molecule has 252 valence electrons. The average molecular weight is 693 g/mol. The fourth-order valence-electron chi connectivity index (χ4n) is 5.11. The van der Waals surface area contributed by atoms with Crippen LogP contribution in [0, 0.1) is 18.6 Å². The zero-order chi connectivity index (χ0) is 35.1. The molecule has 0 saturated heterocycles. The molecule has 0 spiro atoms. The minimum Gasteiger partial charge on any atom is -0.612 e. The van der Waals surface area contributed by atoms with Gasteiger partial charge in [0, 0.05) is 43.8 Å². The molecular formula is C32H26F6N4O5S. The number of aryl methyl sites for hydroxylation is 2. The van der Waals surface area contributed by atoms with Gasteiger partial charge in [-0.05, 0) is 58.7 Å². The summed E-state index contributed by atoms with van der Waals surface area (Å²) in [7, 11) is 2.42. The second-order valence-electron chi connectivity index (χ2n) is 10.4. The van der Waals surface area contributed by atoms with E-state index in [1.165, 1.54) is 50.6 Å². The zero-order valence-corrected chi connectivity index (χ0v) is 26.4. The highest BCUT2D eigenvalue weighted by molar-refractivity contribution is 7.90. The van der Waals surface area contributed by atoms with Gasteiger partial charge in [-0.2, -0.15) is 22.7 Å². The van der Waals surface area contributed by atoms with Crippen molar-refractivity contribution in [3.05, 3.63) is 83.4 Å². The predicted molar refractivity (Wildman–Crippen MR) is 163 cm³/mol. The molecule has 0 saturated carbocycles. The Labute approximate surface area is 272 Å². The number of hydrogen-bond acceptors (Lipinski definition) is 7. The summed E-state index contributed by atoms with van der Waals surface area (Å²) in [6.45, 7) is -2.49. The monoisotopic (exact) mass is 692 g/mol. The van der Waals surface area contributed by atoms with Crippen LogP contribution in [0.4, 0.5) is 26.3 Å². The zero-order valence-electron chi connectivity index (χ0n) is 25.6. The number of nitrogens with one attached hydrogen (secondary N) is 1. The minimum absolute atomic E-state index is 0.0150. The molecule has 48 heavy (non-hydrogen) atoms. The maximum atomic E-state index is 15.1. The van der Waals surface area contributed by atoms with Gasteiger partial charge < -0.3 is 24.1 Å². The van der Waals surface area contributed by atoms with Crippen molar-refractivity contribution in [3.63, 3.8) is 0 Å². The second-order valence-corrected chi connectivity index (χ2v) is 11.8. The van der Waals surface area contributed by atoms with Crippen LogP contribution in [0.2, 0.25) is 0 Å². The van der Waals surface area contributed by atoms with Crippen LogP contribution in [-0.4, -0.2) is 50.2 Å². The number of hydrogen-bond donors (Lipinski definition) is 2. The van der Waals surface area contributed by atoms with E-state index in [1.54, 1.807) is 0 Å². The van der Waals surface area contributed by atoms with Crippen molar-refractivity contribution in [1.29, 1.82) is 0 Å². The van der Waals surface area contributed by atoms with Crippen LogP contribution < -0.4 is 10.1 Å². The van der Waals surface area contributed by atoms with Gasteiger partial charge in [0.2, 0.25) is 0 Å². The molecule has 1 amide bonds. The molecule has 1 atom stereocenters. The number of benzene rings is 3. The molecule has 16 heteroatoms. The molecule has 0 aliphatic carbocycles. The van der Waals surface area contributed by atoms with Crippen LogP contribution in [0.15, 0.2) is 63.9 Å². The van der Waals surface area contributed by atoms with Gasteiger partial charge in [0.05, 0.1) is 17.9 Å². The largest absolute Gasteiger partial charge is 0.612 e. The Morgan fingerprint density at radius 1 is 1.06 bits per heavy atom. The van der Waals surface area contributed by atoms with Crippen LogP contribution in [0.25, 0.3) is 45.0 Å². The third-order valence-corrected chi connectivity index (χ3v) is 8.35. The Hall–Kier alpha value is -4.80. The summed E-state index contributed by atoms with van der Waals surface area (Å²) < 4.78 is 109. The summed E-state index contributed by atoms with van der Waals surface area (Å²) in [5.41, 5.74) is 0.127. The predicted octanol–water partition coefficient (Wildman–Crippen LogP) is 6.33. The van der Waals surface area contributed by atoms with E-state index in [0.717, 1.165) is 36.0 Å². The first-order valence-electron chi connectivity index (χ1n) is 13.9. The summed E-state index contributed by atoms with van der Waals surface area (Å²) in [6.07, 6.45) is 1.32. The fraction of sp³-hybridized carbons (Fsp3) is 0.219. The number of alkyl halides is 4. The third-order valence-electron chi connectivity index (χ3n) is 7.37. The molecular weight excluding hydrogens is 666 g/mol. The molecule has 0 aliphatic heterocycles. The lowest BCUT2D eigenvalue weighted by molar-refractivity contribution is -0.147. The number of carbonyl (C=O) groups excluding carboxylic acids is 1. The maximum Gasteiger partial charge on any atom is 0.387 e. The molecule has 1 unspecified atom stereocenters. The maximum absolute atomic E-state index is 15.1. The number of rotatable bonds is 10. The van der Waals surface area contributed by atoms with Gasteiger partial charge in [-0.3, -0.25) is 9.48 Å². The first-order valence-corrected chi connectivity index (χ1v) is 15.5. The number of aromatic nitrogens is 3. The summed E-state index contributed by atoms with van der Waals surface area (Å²) in [5.74, 6) is -8.18. The quantitative estimate of drug-likeness (QED) is 0.129. The number of oxazole rings is 1. The standard InChI is InChI=1S/C32H26F6N4O5S/c1-15-40-28(17-6-8-25(23(34)10-17)47-31(35)36)29(46-15)20-9-16(18-11-22(33)21(14-43)26(12-18)48(4)45)5-7-19(20)24-13-27(41-42(24)3)32(37,38)30(44)39-2/h5-13,31,43H,14H2,1-4H3,(H,39,44). The van der Waals surface area contributed by atoms with Gasteiger partial charge in [-0.25, -0.2) is 13.8 Å². The van der Waals surface area contributed by atoms with Crippen molar-refractivity contribution in [3.8, 4) is 50.7 Å². The van der Waals surface area contributed by atoms with Crippen LogP contribution >= 0.6 is 0 Å². The minimum atomic E-state index is -4.00. The molecule has 2 aromatic heterocycles. The van der Waals surface area contributed by atoms with Gasteiger partial charge in [0.1, 0.15) is 23.5 Å². The molecule has 0 fully saturated rings. The number of likely N-dealkylation sites (N-methyl/N-ethyl adjacent to an activating group) is 1. The highest BCUT2D eigenvalue weighted by atomic mass is 32.2. The first-order chi connectivity index (χ1) is 22.7. The van der Waals surface area contributed by atoms with Gasteiger partial charge in [-0.1, -0.05) is 12.1 Å². The van der Waals surface area contributed by atoms with Gasteiger partial charge in [-0.15, -0.1) is 0 Å². The van der Waals surface area contributed by atoms with Gasteiger partial charge in [0.15, 0.2) is 28.1 Å². The molecule has 2 heterocycles. The van der Waals surface area contributed by atoms with E-state index < -0.39 is 59.3 Å². The fourth-order valence-corrected chi connectivity index (χ4v) is 5.92. The molecule has 3 aromatic carbocycles. The summed E-state index contributed by atoms with van der Waals surface area (Å²) in [5, 5.41) is 15.4. The molecule has 5 rings (SSSR count). The molecule has 9 nitrogen and oxygen atoms in total. The Morgan fingerprint density at radius 2 is 1.75 bits per heavy atom. The highest BCUT2D eigenvalue weighted by Gasteiger charge is 2.43. The Kier molecular flexibility index (Phi) is 9.62. The SMILES string of the molecule is CNC(=O)C(F)(F)c1cc(-c2ccc(-c3cc(F)c(CO)c([S+](C)[O-])c3)cc2-c2oc(C)nc2-c2ccc(OC(F)F)c(F)c2)n(C)n1. The molecule has 0 aliphatic rings. The number of halogens is 6. The topological polar surface area (TPSA) is 125 Å². The average Bonchev–Trinajstić information content (AvgIpc) is 3.63.